The van der Waals surface area contributed by atoms with Gasteiger partial charge in [0.2, 0.25) is 0 Å². The number of ether oxygens (including phenoxy) is 1. The minimum atomic E-state index is -0.607. The molecule has 1 aliphatic rings. The van der Waals surface area contributed by atoms with Gasteiger partial charge in [0.1, 0.15) is 0 Å². The van der Waals surface area contributed by atoms with Crippen molar-refractivity contribution in [1.29, 1.82) is 0 Å². The Morgan fingerprint density at radius 1 is 1.64 bits per heavy atom. The van der Waals surface area contributed by atoms with Crippen LogP contribution in [0.15, 0.2) is 5.38 Å². The van der Waals surface area contributed by atoms with E-state index in [2.05, 4.69) is 22.5 Å². The van der Waals surface area contributed by atoms with Crippen molar-refractivity contribution in [3.8, 4) is 0 Å². The molecule has 6 nitrogen and oxygen atoms in total. The number of nitrogens with one attached hydrogen (secondary N) is 2. The normalized spacial score (nSPS) is 24.1. The molecule has 8 heteroatoms. The third-order valence-corrected chi connectivity index (χ3v) is 4.62. The van der Waals surface area contributed by atoms with E-state index in [1.807, 2.05) is 12.3 Å². The second-order valence-corrected chi connectivity index (χ2v) is 6.90. The molecule has 0 aromatic carbocycles. The molecule has 122 valence electrons. The first-order valence-corrected chi connectivity index (χ1v) is 8.69. The molecule has 1 saturated heterocycles. The van der Waals surface area contributed by atoms with Crippen molar-refractivity contribution >= 4 is 39.8 Å². The fraction of sp³-hybridized carbons (Fsp3) is 0.643. The highest BCUT2D eigenvalue weighted by atomic mass is 32.1. The predicted molar refractivity (Wildman–Crippen MR) is 91.9 cm³/mol. The van der Waals surface area contributed by atoms with Gasteiger partial charge in [-0.25, -0.2) is 4.98 Å². The first-order chi connectivity index (χ1) is 10.4. The summed E-state index contributed by atoms with van der Waals surface area (Å²) in [5, 5.41) is 9.10. The quantitative estimate of drug-likeness (QED) is 0.396. The van der Waals surface area contributed by atoms with Crippen LogP contribution in [0, 0.1) is 5.92 Å². The Labute approximate surface area is 139 Å². The zero-order valence-corrected chi connectivity index (χ0v) is 14.5. The number of carbonyl (C=O) groups excluding carboxylic acids is 1. The monoisotopic (exact) mass is 342 g/mol. The van der Waals surface area contributed by atoms with Gasteiger partial charge >= 0.3 is 5.97 Å². The molecular formula is C14H22N4O2S2. The minimum Gasteiger partial charge on any atom is -0.453 e. The van der Waals surface area contributed by atoms with E-state index in [1.54, 1.807) is 0 Å². The summed E-state index contributed by atoms with van der Waals surface area (Å²) in [5.74, 6) is -0.115. The van der Waals surface area contributed by atoms with Crippen molar-refractivity contribution in [2.45, 2.75) is 38.7 Å². The Balaban J connectivity index is 1.93. The highest BCUT2D eigenvalue weighted by molar-refractivity contribution is 7.80. The summed E-state index contributed by atoms with van der Waals surface area (Å²) in [6.45, 7) is 5.32. The van der Waals surface area contributed by atoms with Gasteiger partial charge in [-0.3, -0.25) is 4.79 Å². The van der Waals surface area contributed by atoms with Crippen molar-refractivity contribution in [3.05, 3.63) is 11.1 Å². The van der Waals surface area contributed by atoms with Crippen LogP contribution in [0.25, 0.3) is 0 Å². The maximum atomic E-state index is 11.9. The third kappa shape index (κ3) is 4.07. The number of esters is 1. The van der Waals surface area contributed by atoms with Gasteiger partial charge in [0.15, 0.2) is 15.8 Å². The first-order valence-electron chi connectivity index (χ1n) is 7.40. The molecule has 0 saturated carbocycles. The van der Waals surface area contributed by atoms with E-state index < -0.39 is 5.60 Å². The number of aromatic nitrogens is 1. The van der Waals surface area contributed by atoms with Crippen molar-refractivity contribution in [2.75, 3.05) is 18.4 Å². The Hall–Kier alpha value is -1.41. The summed E-state index contributed by atoms with van der Waals surface area (Å²) >= 11 is 6.24. The molecule has 22 heavy (non-hydrogen) atoms. The lowest BCUT2D eigenvalue weighted by atomic mass is 9.91. The maximum absolute atomic E-state index is 11.9. The van der Waals surface area contributed by atoms with E-state index >= 15 is 0 Å². The number of cyclic esters (lactones) is 1. The second-order valence-electron chi connectivity index (χ2n) is 5.60. The summed E-state index contributed by atoms with van der Waals surface area (Å²) in [6.07, 6.45) is 2.55. The van der Waals surface area contributed by atoms with Crippen LogP contribution in [0.3, 0.4) is 0 Å². The lowest BCUT2D eigenvalue weighted by Gasteiger charge is -2.19. The number of nitrogens with zero attached hydrogens (tertiary/aromatic N) is 1. The van der Waals surface area contributed by atoms with Gasteiger partial charge in [-0.2, -0.15) is 0 Å². The number of rotatable bonds is 7. The molecule has 2 rings (SSSR count). The average molecular weight is 342 g/mol. The number of carbonyl (C=O) groups is 1. The molecule has 1 fully saturated rings. The van der Waals surface area contributed by atoms with Crippen LogP contribution in [0.5, 0.6) is 0 Å². The van der Waals surface area contributed by atoms with Crippen molar-refractivity contribution in [3.63, 3.8) is 0 Å². The number of hydrogen-bond acceptors (Lipinski definition) is 6. The van der Waals surface area contributed by atoms with E-state index in [1.165, 1.54) is 11.3 Å². The molecule has 0 radical (unpaired) electrons. The zero-order chi connectivity index (χ0) is 16.2. The van der Waals surface area contributed by atoms with E-state index in [0.29, 0.717) is 19.5 Å². The number of anilines is 1. The number of thiocarbonyl (C=S) groups is 1. The van der Waals surface area contributed by atoms with E-state index in [4.69, 9.17) is 22.7 Å². The molecule has 2 heterocycles. The average Bonchev–Trinajstić information content (AvgIpc) is 3.02. The van der Waals surface area contributed by atoms with Gasteiger partial charge in [0.05, 0.1) is 11.6 Å². The van der Waals surface area contributed by atoms with E-state index in [0.717, 1.165) is 23.7 Å². The maximum Gasteiger partial charge on any atom is 0.310 e. The highest BCUT2D eigenvalue weighted by Gasteiger charge is 2.45. The van der Waals surface area contributed by atoms with Crippen LogP contribution >= 0.6 is 23.6 Å². The lowest BCUT2D eigenvalue weighted by Crippen LogP contribution is -2.32. The number of nitrogens with two attached hydrogens (primary N) is 1. The molecule has 1 aromatic rings. The smallest absolute Gasteiger partial charge is 0.310 e. The SMILES string of the molecule is CCC[C@H]1C[C@](C)(c2csc(NCCNC(N)=S)n2)OC1=O. The molecule has 0 unspecified atom stereocenters. The standard InChI is InChI=1S/C14H22N4O2S2/c1-3-4-9-7-14(2,20-11(9)19)10-8-22-13(18-10)17-6-5-16-12(15)21/h8-9H,3-7H2,1-2H3,(H,17,18)(H3,15,16,21)/t9-,14+/m0/s1. The van der Waals surface area contributed by atoms with Crippen LogP contribution < -0.4 is 16.4 Å². The second kappa shape index (κ2) is 7.23. The molecule has 0 aliphatic carbocycles. The highest BCUT2D eigenvalue weighted by Crippen LogP contribution is 2.41. The molecule has 1 aliphatic heterocycles. The Morgan fingerprint density at radius 2 is 2.41 bits per heavy atom. The van der Waals surface area contributed by atoms with E-state index in [9.17, 15) is 4.79 Å². The predicted octanol–water partition coefficient (Wildman–Crippen LogP) is 1.97. The van der Waals surface area contributed by atoms with E-state index in [-0.39, 0.29) is 17.0 Å². The van der Waals surface area contributed by atoms with Crippen LogP contribution in [-0.2, 0) is 15.1 Å². The first kappa shape index (κ1) is 17.0. The molecule has 0 bridgehead atoms. The van der Waals surface area contributed by atoms with Gasteiger partial charge in [0, 0.05) is 24.9 Å². The Bertz CT molecular complexity index is 549. The molecular weight excluding hydrogens is 320 g/mol. The molecule has 0 amide bonds. The molecule has 2 atom stereocenters. The fourth-order valence-electron chi connectivity index (χ4n) is 2.58. The summed E-state index contributed by atoms with van der Waals surface area (Å²) in [6, 6.07) is 0. The summed E-state index contributed by atoms with van der Waals surface area (Å²) in [7, 11) is 0. The largest absolute Gasteiger partial charge is 0.453 e. The fourth-order valence-corrected chi connectivity index (χ4v) is 3.54. The van der Waals surface area contributed by atoms with Crippen LogP contribution in [0.2, 0.25) is 0 Å². The third-order valence-electron chi connectivity index (χ3n) is 3.68. The summed E-state index contributed by atoms with van der Waals surface area (Å²) < 4.78 is 5.60. The van der Waals surface area contributed by atoms with Crippen LogP contribution in [0.1, 0.15) is 38.8 Å². The van der Waals surface area contributed by atoms with Crippen molar-refractivity contribution < 1.29 is 9.53 Å². The molecule has 4 N–H and O–H groups in total. The van der Waals surface area contributed by atoms with Gasteiger partial charge in [-0.1, -0.05) is 13.3 Å². The Morgan fingerprint density at radius 3 is 3.09 bits per heavy atom. The van der Waals surface area contributed by atoms with Crippen molar-refractivity contribution in [1.82, 2.24) is 10.3 Å². The lowest BCUT2D eigenvalue weighted by molar-refractivity contribution is -0.150. The van der Waals surface area contributed by atoms with Gasteiger partial charge in [0.25, 0.3) is 0 Å². The summed E-state index contributed by atoms with van der Waals surface area (Å²) in [5.41, 5.74) is 5.57. The topological polar surface area (TPSA) is 89.3 Å². The van der Waals surface area contributed by atoms with Crippen molar-refractivity contribution in [2.24, 2.45) is 11.7 Å². The van der Waals surface area contributed by atoms with Crippen LogP contribution in [0.4, 0.5) is 5.13 Å². The van der Waals surface area contributed by atoms with Gasteiger partial charge in [-0.05, 0) is 25.6 Å². The van der Waals surface area contributed by atoms with Crippen LogP contribution in [-0.4, -0.2) is 29.2 Å². The van der Waals surface area contributed by atoms with Gasteiger partial charge in [-0.15, -0.1) is 11.3 Å². The number of thiazole rings is 1. The minimum absolute atomic E-state index is 0.0112. The van der Waals surface area contributed by atoms with Gasteiger partial charge < -0.3 is 21.1 Å². The molecule has 1 aromatic heterocycles. The summed E-state index contributed by atoms with van der Waals surface area (Å²) in [4.78, 5) is 16.5. The zero-order valence-electron chi connectivity index (χ0n) is 12.8. The Kier molecular flexibility index (Phi) is 5.57. The number of hydrogen-bond donors (Lipinski definition) is 3. The molecule has 0 spiro atoms.